The van der Waals surface area contributed by atoms with Crippen molar-refractivity contribution in [1.82, 2.24) is 9.80 Å². The van der Waals surface area contributed by atoms with Crippen molar-refractivity contribution in [2.24, 2.45) is 0 Å². The SMILES string of the molecule is S=C(SI(c1ccccc1)c1ccc(I(SC(=S)N2CCCCC2)c2ccccc2)cc1)N1CCCCC1. The Morgan fingerprint density at radius 3 is 1.13 bits per heavy atom. The summed E-state index contributed by atoms with van der Waals surface area (Å²) >= 11 is 8.47. The van der Waals surface area contributed by atoms with Gasteiger partial charge >= 0.3 is 262 Å². The maximum absolute atomic E-state index is 6.00. The van der Waals surface area contributed by atoms with Crippen LogP contribution in [-0.2, 0) is 0 Å². The third kappa shape index (κ3) is 7.87. The molecule has 2 saturated heterocycles. The molecular weight excluding hydrogens is 770 g/mol. The molecule has 0 bridgehead atoms. The first-order valence-electron chi connectivity index (χ1n) is 13.2. The van der Waals surface area contributed by atoms with Gasteiger partial charge < -0.3 is 0 Å². The number of rotatable bonds is 6. The average molecular weight is 805 g/mol. The summed E-state index contributed by atoms with van der Waals surface area (Å²) in [6, 6.07) is 31.8. The van der Waals surface area contributed by atoms with Crippen molar-refractivity contribution in [3.05, 3.63) is 99.2 Å². The van der Waals surface area contributed by atoms with Crippen molar-refractivity contribution < 1.29 is 0 Å². The summed E-state index contributed by atoms with van der Waals surface area (Å²) in [4.78, 5) is 4.89. The van der Waals surface area contributed by atoms with Crippen LogP contribution in [-0.4, -0.2) is 44.6 Å². The summed E-state index contributed by atoms with van der Waals surface area (Å²) in [6.45, 7) is 4.46. The Kier molecular flexibility index (Phi) is 11.5. The summed E-state index contributed by atoms with van der Waals surface area (Å²) < 4.78 is 8.08. The first kappa shape index (κ1) is 29.1. The molecule has 0 amide bonds. The molecule has 38 heavy (non-hydrogen) atoms. The number of hydrogen-bond acceptors (Lipinski definition) is 4. The summed E-state index contributed by atoms with van der Waals surface area (Å²) in [5.41, 5.74) is 0. The van der Waals surface area contributed by atoms with Gasteiger partial charge in [-0.05, 0) is 0 Å². The van der Waals surface area contributed by atoms with Gasteiger partial charge in [-0.15, -0.1) is 0 Å². The van der Waals surface area contributed by atoms with E-state index in [-0.39, 0.29) is 0 Å². The van der Waals surface area contributed by atoms with Gasteiger partial charge in [-0.3, -0.25) is 0 Å². The van der Waals surface area contributed by atoms with Gasteiger partial charge in [-0.1, -0.05) is 0 Å². The molecule has 5 rings (SSSR count). The molecule has 0 atom stereocenters. The number of likely N-dealkylation sites (tertiary alicyclic amines) is 2. The van der Waals surface area contributed by atoms with E-state index in [9.17, 15) is 0 Å². The van der Waals surface area contributed by atoms with Gasteiger partial charge in [0.25, 0.3) is 0 Å². The van der Waals surface area contributed by atoms with Crippen molar-refractivity contribution in [1.29, 1.82) is 0 Å². The Bertz CT molecular complexity index is 1090. The molecule has 2 nitrogen and oxygen atoms in total. The fourth-order valence-corrected chi connectivity index (χ4v) is 24.0. The predicted octanol–water partition coefficient (Wildman–Crippen LogP) is 9.62. The number of halogens is 2. The van der Waals surface area contributed by atoms with E-state index in [4.69, 9.17) is 24.4 Å². The van der Waals surface area contributed by atoms with E-state index in [1.807, 2.05) is 17.9 Å². The van der Waals surface area contributed by atoms with Gasteiger partial charge in [0.15, 0.2) is 0 Å². The minimum absolute atomic E-state index is 1.10. The third-order valence-corrected chi connectivity index (χ3v) is 27.8. The zero-order chi connectivity index (χ0) is 26.2. The van der Waals surface area contributed by atoms with E-state index in [0.29, 0.717) is 0 Å². The van der Waals surface area contributed by atoms with E-state index in [1.54, 1.807) is 0 Å². The Morgan fingerprint density at radius 1 is 0.474 bits per heavy atom. The van der Waals surface area contributed by atoms with Gasteiger partial charge in [0.05, 0.1) is 0 Å². The van der Waals surface area contributed by atoms with E-state index >= 15 is 0 Å². The fourth-order valence-electron chi connectivity index (χ4n) is 4.53. The van der Waals surface area contributed by atoms with Crippen LogP contribution >= 0.6 is 79.2 Å². The molecule has 0 radical (unpaired) electrons. The summed E-state index contributed by atoms with van der Waals surface area (Å²) in [7, 11) is 3.98. The van der Waals surface area contributed by atoms with E-state index in [1.165, 1.54) is 52.8 Å². The molecule has 2 heterocycles. The van der Waals surface area contributed by atoms with Gasteiger partial charge in [0.1, 0.15) is 0 Å². The van der Waals surface area contributed by atoms with Crippen LogP contribution in [0.25, 0.3) is 0 Å². The zero-order valence-electron chi connectivity index (χ0n) is 21.4. The molecule has 3 aromatic carbocycles. The molecule has 0 aromatic heterocycles. The molecule has 0 spiro atoms. The predicted molar refractivity (Wildman–Crippen MR) is 193 cm³/mol. The quantitative estimate of drug-likeness (QED) is 0.180. The Balaban J connectivity index is 1.39. The van der Waals surface area contributed by atoms with Crippen LogP contribution in [0.2, 0.25) is 0 Å². The average Bonchev–Trinajstić information content (AvgIpc) is 3.00. The molecule has 0 N–H and O–H groups in total. The van der Waals surface area contributed by atoms with Crippen LogP contribution in [0.5, 0.6) is 0 Å². The van der Waals surface area contributed by atoms with Crippen LogP contribution in [0.15, 0.2) is 84.9 Å². The van der Waals surface area contributed by atoms with Gasteiger partial charge in [0.2, 0.25) is 0 Å². The molecule has 0 saturated carbocycles. The van der Waals surface area contributed by atoms with Gasteiger partial charge in [-0.25, -0.2) is 0 Å². The van der Waals surface area contributed by atoms with Crippen molar-refractivity contribution in [3.8, 4) is 0 Å². The molecule has 2 fully saturated rings. The number of hydrogen-bond donors (Lipinski definition) is 0. The van der Waals surface area contributed by atoms with Crippen LogP contribution in [0.4, 0.5) is 0 Å². The van der Waals surface area contributed by atoms with E-state index in [2.05, 4.69) is 94.7 Å². The van der Waals surface area contributed by atoms with Crippen LogP contribution in [0, 0.1) is 14.3 Å². The Labute approximate surface area is 258 Å². The summed E-state index contributed by atoms with van der Waals surface area (Å²) in [5, 5.41) is 0. The molecule has 2 aliphatic rings. The van der Waals surface area contributed by atoms with E-state index in [0.717, 1.165) is 34.8 Å². The molecule has 0 unspecified atom stereocenters. The Morgan fingerprint density at radius 2 is 0.789 bits per heavy atom. The van der Waals surface area contributed by atoms with Crippen LogP contribution in [0.3, 0.4) is 0 Å². The van der Waals surface area contributed by atoms with E-state index < -0.39 is 36.9 Å². The number of thiocarbonyl (C=S) groups is 2. The van der Waals surface area contributed by atoms with Crippen molar-refractivity contribution in [2.45, 2.75) is 38.5 Å². The fraction of sp³-hybridized carbons (Fsp3) is 0.333. The normalized spacial score (nSPS) is 16.6. The molecule has 0 aliphatic carbocycles. The number of benzene rings is 3. The van der Waals surface area contributed by atoms with Crippen LogP contribution in [0.1, 0.15) is 38.5 Å². The monoisotopic (exact) mass is 804 g/mol. The van der Waals surface area contributed by atoms with Gasteiger partial charge in [0, 0.05) is 0 Å². The molecular formula is C30H34I2N2S4. The maximum atomic E-state index is 6.00. The Hall–Kier alpha value is -0.400. The summed E-state index contributed by atoms with van der Waals surface area (Å²) in [5.74, 6) is 0. The molecule has 202 valence electrons. The first-order chi connectivity index (χ1) is 18.7. The third-order valence-electron chi connectivity index (χ3n) is 6.58. The standard InChI is InChI=1S/C30H34I2N2S4/c35-29(33-21-9-3-10-22-33)37-31(25-13-5-1-6-14-25)27-17-19-28(20-18-27)32(26-15-7-2-8-16-26)38-30(36)34-23-11-4-12-24-34/h1-2,5-8,13-20H,3-4,9-12,21-24H2. The topological polar surface area (TPSA) is 6.48 Å². The zero-order valence-corrected chi connectivity index (χ0v) is 29.0. The van der Waals surface area contributed by atoms with Gasteiger partial charge in [-0.2, -0.15) is 0 Å². The second-order valence-electron chi connectivity index (χ2n) is 9.31. The van der Waals surface area contributed by atoms with Crippen molar-refractivity contribution in [3.63, 3.8) is 0 Å². The second-order valence-corrected chi connectivity index (χ2v) is 26.3. The second kappa shape index (κ2) is 15.0. The molecule has 2 aliphatic heterocycles. The first-order valence-corrected chi connectivity index (χ1v) is 25.1. The molecule has 3 aromatic rings. The van der Waals surface area contributed by atoms with Crippen molar-refractivity contribution in [2.75, 3.05) is 26.2 Å². The number of nitrogens with zero attached hydrogens (tertiary/aromatic N) is 2. The number of piperidine rings is 2. The molecule has 8 heteroatoms. The van der Waals surface area contributed by atoms with Crippen LogP contribution < -0.4 is 0 Å². The van der Waals surface area contributed by atoms with Crippen molar-refractivity contribution >= 4 is 87.8 Å². The summed E-state index contributed by atoms with van der Waals surface area (Å²) in [6.07, 6.45) is 7.71. The minimum atomic E-state index is -1.77.